The second kappa shape index (κ2) is 9.43. The monoisotopic (exact) mass is 425 g/mol. The van der Waals surface area contributed by atoms with Gasteiger partial charge in [-0.15, -0.1) is 0 Å². The molecular formula is C18H20ClN3O5S. The van der Waals surface area contributed by atoms with E-state index in [1.54, 1.807) is 30.3 Å². The Morgan fingerprint density at radius 2 is 1.93 bits per heavy atom. The predicted molar refractivity (Wildman–Crippen MR) is 109 cm³/mol. The number of methoxy groups -OCH3 is 2. The largest absolute Gasteiger partial charge is 0.497 e. The van der Waals surface area contributed by atoms with Crippen LogP contribution in [-0.2, 0) is 14.8 Å². The molecule has 10 heteroatoms. The number of nitrogens with zero attached hydrogens (tertiary/aromatic N) is 2. The predicted octanol–water partition coefficient (Wildman–Crippen LogP) is 2.27. The summed E-state index contributed by atoms with van der Waals surface area (Å²) in [6.45, 7) is -0.485. The van der Waals surface area contributed by atoms with Gasteiger partial charge in [-0.3, -0.25) is 9.10 Å². The van der Waals surface area contributed by atoms with Crippen LogP contribution in [-0.4, -0.2) is 47.6 Å². The number of hydrazone groups is 1. The van der Waals surface area contributed by atoms with E-state index in [0.717, 1.165) is 10.6 Å². The Morgan fingerprint density at radius 3 is 2.54 bits per heavy atom. The molecule has 0 heterocycles. The molecule has 0 fully saturated rings. The number of carbonyl (C=O) groups is 1. The third kappa shape index (κ3) is 5.61. The maximum absolute atomic E-state index is 12.2. The van der Waals surface area contributed by atoms with Gasteiger partial charge in [0.1, 0.15) is 18.0 Å². The van der Waals surface area contributed by atoms with Crippen LogP contribution in [0.4, 0.5) is 5.69 Å². The molecule has 0 aliphatic rings. The van der Waals surface area contributed by atoms with Gasteiger partial charge in [-0.2, -0.15) is 5.10 Å². The summed E-state index contributed by atoms with van der Waals surface area (Å²) in [6, 6.07) is 11.6. The van der Waals surface area contributed by atoms with E-state index in [9.17, 15) is 13.2 Å². The molecule has 0 unspecified atom stereocenters. The minimum Gasteiger partial charge on any atom is -0.497 e. The first-order valence-electron chi connectivity index (χ1n) is 8.02. The number of hydrogen-bond donors (Lipinski definition) is 1. The van der Waals surface area contributed by atoms with Crippen LogP contribution >= 0.6 is 11.6 Å². The summed E-state index contributed by atoms with van der Waals surface area (Å²) in [6.07, 6.45) is 2.37. The summed E-state index contributed by atoms with van der Waals surface area (Å²) in [4.78, 5) is 12.2. The van der Waals surface area contributed by atoms with Gasteiger partial charge in [0.2, 0.25) is 10.0 Å². The van der Waals surface area contributed by atoms with Crippen molar-refractivity contribution in [2.75, 3.05) is 31.3 Å². The van der Waals surface area contributed by atoms with Gasteiger partial charge in [0.25, 0.3) is 5.91 Å². The average molecular weight is 426 g/mol. The lowest BCUT2D eigenvalue weighted by atomic mass is 10.2. The summed E-state index contributed by atoms with van der Waals surface area (Å²) in [5, 5.41) is 4.29. The van der Waals surface area contributed by atoms with Crippen LogP contribution in [0.25, 0.3) is 0 Å². The van der Waals surface area contributed by atoms with Gasteiger partial charge in [0.15, 0.2) is 0 Å². The molecule has 0 saturated heterocycles. The minimum absolute atomic E-state index is 0.205. The Bertz CT molecular complexity index is 979. The van der Waals surface area contributed by atoms with Crippen molar-refractivity contribution >= 4 is 39.4 Å². The Hall–Kier alpha value is -2.78. The highest BCUT2D eigenvalue weighted by molar-refractivity contribution is 7.92. The number of halogens is 1. The van der Waals surface area contributed by atoms with E-state index in [0.29, 0.717) is 16.3 Å². The SMILES string of the molecule is COc1ccc(N(CC(=O)N/N=C\c2ccccc2Cl)S(C)(=O)=O)c(OC)c1. The molecule has 0 saturated carbocycles. The Kier molecular flexibility index (Phi) is 7.24. The summed E-state index contributed by atoms with van der Waals surface area (Å²) < 4.78 is 35.7. The fourth-order valence-corrected chi connectivity index (χ4v) is 3.34. The molecule has 0 spiro atoms. The molecule has 0 aliphatic heterocycles. The lowest BCUT2D eigenvalue weighted by Crippen LogP contribution is -2.39. The number of carbonyl (C=O) groups excluding carboxylic acids is 1. The van der Waals surface area contributed by atoms with Crippen LogP contribution in [0.1, 0.15) is 5.56 Å². The zero-order valence-electron chi connectivity index (χ0n) is 15.5. The highest BCUT2D eigenvalue weighted by Gasteiger charge is 2.24. The lowest BCUT2D eigenvalue weighted by Gasteiger charge is -2.23. The first kappa shape index (κ1) is 21.5. The fourth-order valence-electron chi connectivity index (χ4n) is 2.29. The van der Waals surface area contributed by atoms with E-state index in [4.69, 9.17) is 21.1 Å². The van der Waals surface area contributed by atoms with Gasteiger partial charge < -0.3 is 9.47 Å². The van der Waals surface area contributed by atoms with E-state index < -0.39 is 22.5 Å². The van der Waals surface area contributed by atoms with Crippen LogP contribution in [0.5, 0.6) is 11.5 Å². The molecule has 8 nitrogen and oxygen atoms in total. The van der Waals surface area contributed by atoms with Crippen molar-refractivity contribution in [3.8, 4) is 11.5 Å². The van der Waals surface area contributed by atoms with Gasteiger partial charge in [-0.05, 0) is 18.2 Å². The molecule has 0 aromatic heterocycles. The van der Waals surface area contributed by atoms with Crippen LogP contribution < -0.4 is 19.2 Å². The molecule has 0 radical (unpaired) electrons. The normalized spacial score (nSPS) is 11.3. The highest BCUT2D eigenvalue weighted by atomic mass is 35.5. The third-order valence-corrected chi connectivity index (χ3v) is 5.11. The van der Waals surface area contributed by atoms with Gasteiger partial charge in [-0.25, -0.2) is 13.8 Å². The topological polar surface area (TPSA) is 97.3 Å². The Morgan fingerprint density at radius 1 is 1.21 bits per heavy atom. The Labute approximate surface area is 168 Å². The summed E-state index contributed by atoms with van der Waals surface area (Å²) >= 11 is 6.01. The standard InChI is InChI=1S/C18H20ClN3O5S/c1-26-14-8-9-16(17(10-14)27-2)22(28(3,24)25)12-18(23)21-20-11-13-6-4-5-7-15(13)19/h4-11H,12H2,1-3H3,(H,21,23)/b20-11-. The maximum atomic E-state index is 12.2. The fraction of sp³-hybridized carbons (Fsp3) is 0.222. The molecule has 2 aromatic rings. The van der Waals surface area contributed by atoms with Crippen LogP contribution in [0.2, 0.25) is 5.02 Å². The molecule has 2 aromatic carbocycles. The number of nitrogens with one attached hydrogen (secondary N) is 1. The zero-order chi connectivity index (χ0) is 20.7. The quantitative estimate of drug-likeness (QED) is 0.517. The van der Waals surface area contributed by atoms with Crippen molar-refractivity contribution in [3.05, 3.63) is 53.1 Å². The summed E-state index contributed by atoms with van der Waals surface area (Å²) in [5.74, 6) is 0.103. The molecule has 28 heavy (non-hydrogen) atoms. The molecular weight excluding hydrogens is 406 g/mol. The van der Waals surface area contributed by atoms with Crippen LogP contribution in [0.15, 0.2) is 47.6 Å². The smallest absolute Gasteiger partial charge is 0.260 e. The lowest BCUT2D eigenvalue weighted by molar-refractivity contribution is -0.119. The van der Waals surface area contributed by atoms with E-state index in [1.807, 2.05) is 0 Å². The molecule has 150 valence electrons. The third-order valence-electron chi connectivity index (χ3n) is 3.64. The van der Waals surface area contributed by atoms with E-state index >= 15 is 0 Å². The number of rotatable bonds is 8. The van der Waals surface area contributed by atoms with Crippen molar-refractivity contribution in [2.24, 2.45) is 5.10 Å². The zero-order valence-corrected chi connectivity index (χ0v) is 17.1. The molecule has 2 rings (SSSR count). The number of benzene rings is 2. The summed E-state index contributed by atoms with van der Waals surface area (Å²) in [5.41, 5.74) is 3.11. The maximum Gasteiger partial charge on any atom is 0.260 e. The highest BCUT2D eigenvalue weighted by Crippen LogP contribution is 2.33. The number of anilines is 1. The second-order valence-electron chi connectivity index (χ2n) is 5.62. The van der Waals surface area contributed by atoms with Gasteiger partial charge >= 0.3 is 0 Å². The van der Waals surface area contributed by atoms with E-state index in [2.05, 4.69) is 10.5 Å². The number of amides is 1. The van der Waals surface area contributed by atoms with Gasteiger partial charge in [-0.1, -0.05) is 29.8 Å². The molecule has 1 N–H and O–H groups in total. The molecule has 0 bridgehead atoms. The van der Waals surface area contributed by atoms with Crippen LogP contribution in [0.3, 0.4) is 0 Å². The van der Waals surface area contributed by atoms with Crippen LogP contribution in [0, 0.1) is 0 Å². The summed E-state index contributed by atoms with van der Waals surface area (Å²) in [7, 11) is -0.895. The molecule has 1 amide bonds. The van der Waals surface area contributed by atoms with E-state index in [1.165, 1.54) is 32.6 Å². The van der Waals surface area contributed by atoms with Crippen molar-refractivity contribution in [2.45, 2.75) is 0 Å². The van der Waals surface area contributed by atoms with E-state index in [-0.39, 0.29) is 11.4 Å². The minimum atomic E-state index is -3.77. The van der Waals surface area contributed by atoms with Gasteiger partial charge in [0, 0.05) is 16.7 Å². The van der Waals surface area contributed by atoms with Crippen molar-refractivity contribution in [1.29, 1.82) is 0 Å². The first-order chi connectivity index (χ1) is 13.3. The number of sulfonamides is 1. The molecule has 0 aliphatic carbocycles. The first-order valence-corrected chi connectivity index (χ1v) is 10.2. The Balaban J connectivity index is 2.19. The average Bonchev–Trinajstić information content (AvgIpc) is 2.66. The number of ether oxygens (including phenoxy) is 2. The van der Waals surface area contributed by atoms with Crippen molar-refractivity contribution in [1.82, 2.24) is 5.43 Å². The molecule has 0 atom stereocenters. The van der Waals surface area contributed by atoms with Crippen molar-refractivity contribution in [3.63, 3.8) is 0 Å². The second-order valence-corrected chi connectivity index (χ2v) is 7.94. The van der Waals surface area contributed by atoms with Gasteiger partial charge in [0.05, 0.1) is 32.4 Å². The van der Waals surface area contributed by atoms with Crippen molar-refractivity contribution < 1.29 is 22.7 Å². The number of hydrogen-bond acceptors (Lipinski definition) is 6.